The molecule has 160 valence electrons. The summed E-state index contributed by atoms with van der Waals surface area (Å²) in [6, 6.07) is 5.84. The Balaban J connectivity index is 1.33. The molecule has 2 fully saturated rings. The third-order valence-electron chi connectivity index (χ3n) is 5.16. The number of aromatic nitrogens is 3. The summed E-state index contributed by atoms with van der Waals surface area (Å²) in [5.74, 6) is 1.21. The molecule has 0 radical (unpaired) electrons. The molecule has 0 spiro atoms. The van der Waals surface area contributed by atoms with Gasteiger partial charge in [0.15, 0.2) is 11.6 Å². The number of amides is 1. The summed E-state index contributed by atoms with van der Waals surface area (Å²) in [4.78, 5) is 21.7. The number of morpholine rings is 1. The zero-order valence-corrected chi connectivity index (χ0v) is 16.2. The van der Waals surface area contributed by atoms with Crippen LogP contribution in [-0.2, 0) is 10.9 Å². The van der Waals surface area contributed by atoms with E-state index in [-0.39, 0.29) is 11.5 Å². The van der Waals surface area contributed by atoms with Crippen molar-refractivity contribution in [3.05, 3.63) is 41.7 Å². The van der Waals surface area contributed by atoms with Gasteiger partial charge in [0.2, 0.25) is 0 Å². The molecule has 2 aliphatic heterocycles. The fourth-order valence-electron chi connectivity index (χ4n) is 3.46. The van der Waals surface area contributed by atoms with Crippen LogP contribution in [0.3, 0.4) is 0 Å². The predicted octanol–water partition coefficient (Wildman–Crippen LogP) is 1.69. The van der Waals surface area contributed by atoms with Gasteiger partial charge in [0.05, 0.1) is 18.8 Å². The Bertz CT molecular complexity index is 861. The number of hydrogen-bond acceptors (Lipinski definition) is 7. The van der Waals surface area contributed by atoms with Gasteiger partial charge in [-0.25, -0.2) is 0 Å². The summed E-state index contributed by atoms with van der Waals surface area (Å²) in [6.45, 7) is 4.92. The van der Waals surface area contributed by atoms with Gasteiger partial charge in [-0.2, -0.15) is 13.2 Å². The zero-order chi connectivity index (χ0) is 21.1. The maximum Gasteiger partial charge on any atom is 0.433 e. The Labute approximate surface area is 171 Å². The van der Waals surface area contributed by atoms with E-state index in [0.29, 0.717) is 39.4 Å². The van der Waals surface area contributed by atoms with Gasteiger partial charge in [-0.3, -0.25) is 9.78 Å². The molecule has 2 aliphatic rings. The van der Waals surface area contributed by atoms with E-state index in [1.807, 2.05) is 17.0 Å². The molecule has 0 bridgehead atoms. The van der Waals surface area contributed by atoms with Crippen LogP contribution in [-0.4, -0.2) is 78.5 Å². The minimum atomic E-state index is -4.52. The first kappa shape index (κ1) is 20.3. The molecule has 0 unspecified atom stereocenters. The smallest absolute Gasteiger partial charge is 0.378 e. The molecule has 0 atom stereocenters. The number of halogens is 3. The molecular formula is C19H21F3N6O2. The Morgan fingerprint density at radius 1 is 0.867 bits per heavy atom. The minimum absolute atomic E-state index is 0.145. The van der Waals surface area contributed by atoms with E-state index in [9.17, 15) is 18.0 Å². The summed E-state index contributed by atoms with van der Waals surface area (Å²) in [6.07, 6.45) is -3.54. The molecule has 2 aromatic rings. The van der Waals surface area contributed by atoms with E-state index in [4.69, 9.17) is 4.74 Å². The first-order valence-corrected chi connectivity index (χ1v) is 9.66. The van der Waals surface area contributed by atoms with E-state index in [2.05, 4.69) is 20.1 Å². The minimum Gasteiger partial charge on any atom is -0.378 e. The van der Waals surface area contributed by atoms with Gasteiger partial charge in [-0.05, 0) is 24.3 Å². The Morgan fingerprint density at radius 2 is 1.47 bits per heavy atom. The molecule has 0 aliphatic carbocycles. The Morgan fingerprint density at radius 3 is 1.97 bits per heavy atom. The van der Waals surface area contributed by atoms with E-state index in [0.717, 1.165) is 37.0 Å². The summed E-state index contributed by atoms with van der Waals surface area (Å²) in [5, 5.41) is 8.62. The van der Waals surface area contributed by atoms with Crippen LogP contribution in [0.4, 0.5) is 24.8 Å². The van der Waals surface area contributed by atoms with Crippen LogP contribution in [0.15, 0.2) is 30.5 Å². The number of alkyl halides is 3. The molecule has 2 aromatic heterocycles. The quantitative estimate of drug-likeness (QED) is 0.745. The summed E-state index contributed by atoms with van der Waals surface area (Å²) >= 11 is 0. The van der Waals surface area contributed by atoms with Crippen LogP contribution >= 0.6 is 0 Å². The highest BCUT2D eigenvalue weighted by atomic mass is 19.4. The molecule has 8 nitrogen and oxygen atoms in total. The lowest BCUT2D eigenvalue weighted by Gasteiger charge is -2.35. The number of nitrogens with zero attached hydrogens (tertiary/aromatic N) is 6. The highest BCUT2D eigenvalue weighted by Gasteiger charge is 2.32. The highest BCUT2D eigenvalue weighted by molar-refractivity contribution is 5.94. The highest BCUT2D eigenvalue weighted by Crippen LogP contribution is 2.27. The number of anilines is 2. The van der Waals surface area contributed by atoms with Crippen molar-refractivity contribution in [1.82, 2.24) is 20.1 Å². The van der Waals surface area contributed by atoms with E-state index >= 15 is 0 Å². The summed E-state index contributed by atoms with van der Waals surface area (Å²) in [5.41, 5.74) is -0.867. The van der Waals surface area contributed by atoms with Gasteiger partial charge in [-0.15, -0.1) is 10.2 Å². The van der Waals surface area contributed by atoms with Crippen LogP contribution in [0.5, 0.6) is 0 Å². The van der Waals surface area contributed by atoms with Gasteiger partial charge in [0.1, 0.15) is 5.69 Å². The molecule has 0 saturated carbocycles. The molecule has 4 rings (SSSR count). The zero-order valence-electron chi connectivity index (χ0n) is 16.2. The second-order valence-electron chi connectivity index (χ2n) is 7.06. The lowest BCUT2D eigenvalue weighted by atomic mass is 10.2. The first-order valence-electron chi connectivity index (χ1n) is 9.66. The molecule has 4 heterocycles. The molecule has 1 amide bonds. The van der Waals surface area contributed by atoms with Crippen molar-refractivity contribution in [1.29, 1.82) is 0 Å². The van der Waals surface area contributed by atoms with E-state index < -0.39 is 11.9 Å². The third-order valence-corrected chi connectivity index (χ3v) is 5.16. The molecule has 30 heavy (non-hydrogen) atoms. The van der Waals surface area contributed by atoms with Crippen molar-refractivity contribution >= 4 is 17.5 Å². The molecular weight excluding hydrogens is 401 g/mol. The van der Waals surface area contributed by atoms with Crippen LogP contribution in [0.1, 0.15) is 16.1 Å². The topological polar surface area (TPSA) is 74.7 Å². The number of carbonyl (C=O) groups is 1. The number of ether oxygens (including phenoxy) is 1. The number of rotatable bonds is 3. The second kappa shape index (κ2) is 8.42. The van der Waals surface area contributed by atoms with Crippen LogP contribution in [0.25, 0.3) is 0 Å². The van der Waals surface area contributed by atoms with Crippen LogP contribution in [0, 0.1) is 0 Å². The van der Waals surface area contributed by atoms with Crippen LogP contribution in [0.2, 0.25) is 0 Å². The van der Waals surface area contributed by atoms with Gasteiger partial charge >= 0.3 is 6.18 Å². The summed E-state index contributed by atoms with van der Waals surface area (Å²) in [7, 11) is 0. The maximum absolute atomic E-state index is 12.6. The Kier molecular flexibility index (Phi) is 5.71. The fourth-order valence-corrected chi connectivity index (χ4v) is 3.46. The van der Waals surface area contributed by atoms with Crippen molar-refractivity contribution < 1.29 is 22.7 Å². The average molecular weight is 422 g/mol. The van der Waals surface area contributed by atoms with Crippen molar-refractivity contribution in [3.63, 3.8) is 0 Å². The average Bonchev–Trinajstić information content (AvgIpc) is 2.79. The molecule has 0 N–H and O–H groups in total. The van der Waals surface area contributed by atoms with Crippen molar-refractivity contribution in [3.8, 4) is 0 Å². The van der Waals surface area contributed by atoms with Gasteiger partial charge in [0.25, 0.3) is 5.91 Å². The molecule has 2 saturated heterocycles. The number of carbonyl (C=O) groups excluding carboxylic acids is 1. The normalized spacial score (nSPS) is 17.9. The Hall–Kier alpha value is -2.95. The van der Waals surface area contributed by atoms with Gasteiger partial charge < -0.3 is 19.4 Å². The van der Waals surface area contributed by atoms with Gasteiger partial charge in [0, 0.05) is 45.5 Å². The maximum atomic E-state index is 12.6. The second-order valence-corrected chi connectivity index (χ2v) is 7.06. The van der Waals surface area contributed by atoms with Crippen molar-refractivity contribution in [2.75, 3.05) is 62.3 Å². The number of piperazine rings is 1. The monoisotopic (exact) mass is 422 g/mol. The SMILES string of the molecule is O=C(c1ccc(C(F)(F)F)nc1)N1CCN(c2ccc(N3CCOCC3)nn2)CC1. The van der Waals surface area contributed by atoms with E-state index in [1.165, 1.54) is 6.07 Å². The summed E-state index contributed by atoms with van der Waals surface area (Å²) < 4.78 is 43.2. The van der Waals surface area contributed by atoms with E-state index in [1.54, 1.807) is 4.90 Å². The van der Waals surface area contributed by atoms with Crippen molar-refractivity contribution in [2.45, 2.75) is 6.18 Å². The lowest BCUT2D eigenvalue weighted by Crippen LogP contribution is -2.49. The standard InChI is InChI=1S/C19H21F3N6O2/c20-19(21,22)15-2-1-14(13-23-15)18(29)28-7-5-26(6-8-28)16-3-4-17(25-24-16)27-9-11-30-12-10-27/h1-4,13H,5-12H2. The number of hydrogen-bond donors (Lipinski definition) is 0. The third kappa shape index (κ3) is 4.45. The predicted molar refractivity (Wildman–Crippen MR) is 102 cm³/mol. The fraction of sp³-hybridized carbons (Fsp3) is 0.474. The molecule has 0 aromatic carbocycles. The molecule has 11 heteroatoms. The van der Waals surface area contributed by atoms with Crippen molar-refractivity contribution in [2.24, 2.45) is 0 Å². The lowest BCUT2D eigenvalue weighted by molar-refractivity contribution is -0.141. The van der Waals surface area contributed by atoms with Gasteiger partial charge in [-0.1, -0.05) is 0 Å². The largest absolute Gasteiger partial charge is 0.433 e. The van der Waals surface area contributed by atoms with Crippen LogP contribution < -0.4 is 9.80 Å². The number of pyridine rings is 1. The first-order chi connectivity index (χ1) is 14.4.